The summed E-state index contributed by atoms with van der Waals surface area (Å²) in [5.41, 5.74) is 8.40. The Morgan fingerprint density at radius 3 is 2.58 bits per heavy atom. The van der Waals surface area contributed by atoms with Crippen LogP contribution in [0.15, 0.2) is 42.5 Å². The number of para-hydroxylation sites is 1. The first kappa shape index (κ1) is 13.0. The van der Waals surface area contributed by atoms with E-state index in [4.69, 9.17) is 10.5 Å². The van der Waals surface area contributed by atoms with Crippen molar-refractivity contribution < 1.29 is 9.53 Å². The predicted octanol–water partition coefficient (Wildman–Crippen LogP) is 2.50. The maximum absolute atomic E-state index is 11.5. The van der Waals surface area contributed by atoms with Gasteiger partial charge in [0.15, 0.2) is 0 Å². The normalized spacial score (nSPS) is 10.0. The van der Waals surface area contributed by atoms with Crippen molar-refractivity contribution in [3.8, 4) is 16.9 Å². The molecule has 3 N–H and O–H groups in total. The number of nitrogens with two attached hydrogens (primary N) is 1. The molecule has 0 aliphatic rings. The van der Waals surface area contributed by atoms with Crippen LogP contribution in [-0.2, 0) is 0 Å². The average Bonchev–Trinajstić information content (AvgIpc) is 2.46. The Morgan fingerprint density at radius 1 is 1.21 bits per heavy atom. The van der Waals surface area contributed by atoms with Crippen LogP contribution in [0.2, 0.25) is 0 Å². The van der Waals surface area contributed by atoms with E-state index in [1.54, 1.807) is 20.2 Å². The van der Waals surface area contributed by atoms with Crippen LogP contribution < -0.4 is 15.8 Å². The summed E-state index contributed by atoms with van der Waals surface area (Å²) in [5.74, 6) is 0.302. The van der Waals surface area contributed by atoms with Gasteiger partial charge in [0.2, 0.25) is 0 Å². The number of benzene rings is 2. The fourth-order valence-corrected chi connectivity index (χ4v) is 2.02. The Labute approximate surface area is 112 Å². The fraction of sp³-hybridized carbons (Fsp3) is 0.133. The number of rotatable bonds is 4. The highest BCUT2D eigenvalue weighted by molar-refractivity contribution is 6.00. The first-order chi connectivity index (χ1) is 9.17. The van der Waals surface area contributed by atoms with E-state index in [-0.39, 0.29) is 0 Å². The van der Waals surface area contributed by atoms with Crippen molar-refractivity contribution in [2.75, 3.05) is 19.5 Å². The van der Waals surface area contributed by atoms with Gasteiger partial charge >= 0.3 is 0 Å². The summed E-state index contributed by atoms with van der Waals surface area (Å²) in [6.07, 6.45) is 0. The van der Waals surface area contributed by atoms with Crippen LogP contribution in [0.1, 0.15) is 10.4 Å². The first-order valence-electron chi connectivity index (χ1n) is 5.92. The molecule has 1 amide bonds. The number of carbonyl (C=O) groups excluding carboxylic acids is 1. The van der Waals surface area contributed by atoms with Crippen molar-refractivity contribution >= 4 is 11.6 Å². The molecule has 0 bridgehead atoms. The number of nitrogens with one attached hydrogen (secondary N) is 1. The number of ether oxygens (including phenoxy) is 1. The quantitative estimate of drug-likeness (QED) is 0.883. The third-order valence-corrected chi connectivity index (χ3v) is 2.97. The van der Waals surface area contributed by atoms with E-state index in [0.29, 0.717) is 11.3 Å². The molecule has 4 nitrogen and oxygen atoms in total. The molecule has 0 saturated carbocycles. The number of primary amides is 1. The fourth-order valence-electron chi connectivity index (χ4n) is 2.02. The first-order valence-corrected chi connectivity index (χ1v) is 5.92. The molecule has 0 saturated heterocycles. The van der Waals surface area contributed by atoms with Gasteiger partial charge in [0.25, 0.3) is 5.91 Å². The van der Waals surface area contributed by atoms with E-state index < -0.39 is 5.91 Å². The molecule has 0 aromatic heterocycles. The molecule has 2 aromatic rings. The molecule has 0 atom stereocenters. The Bertz CT molecular complexity index is 609. The second-order valence-corrected chi connectivity index (χ2v) is 4.07. The van der Waals surface area contributed by atoms with Crippen molar-refractivity contribution in [3.05, 3.63) is 48.0 Å². The van der Waals surface area contributed by atoms with E-state index >= 15 is 0 Å². The van der Waals surface area contributed by atoms with Crippen LogP contribution in [0, 0.1) is 0 Å². The average molecular weight is 256 g/mol. The topological polar surface area (TPSA) is 64.3 Å². The number of hydrogen-bond donors (Lipinski definition) is 2. The van der Waals surface area contributed by atoms with Crippen molar-refractivity contribution in [2.45, 2.75) is 0 Å². The summed E-state index contributed by atoms with van der Waals surface area (Å²) in [7, 11) is 3.38. The maximum atomic E-state index is 11.5. The lowest BCUT2D eigenvalue weighted by Crippen LogP contribution is -2.13. The van der Waals surface area contributed by atoms with Gasteiger partial charge < -0.3 is 15.8 Å². The molecule has 0 fully saturated rings. The summed E-state index contributed by atoms with van der Waals surface area (Å²) in [4.78, 5) is 11.5. The summed E-state index contributed by atoms with van der Waals surface area (Å²) < 4.78 is 5.32. The van der Waals surface area contributed by atoms with Crippen molar-refractivity contribution in [2.24, 2.45) is 5.73 Å². The van der Waals surface area contributed by atoms with Crippen LogP contribution in [0.4, 0.5) is 5.69 Å². The number of amides is 1. The van der Waals surface area contributed by atoms with Gasteiger partial charge in [0.1, 0.15) is 5.75 Å². The monoisotopic (exact) mass is 256 g/mol. The molecule has 0 spiro atoms. The standard InChI is InChI=1S/C15H16N2O2/c1-17-13-8-7-10(9-12(13)15(16)18)11-5-3-4-6-14(11)19-2/h3-9,17H,1-2H3,(H2,16,18). The van der Waals surface area contributed by atoms with Gasteiger partial charge in [0.05, 0.1) is 12.7 Å². The Balaban J connectivity index is 2.57. The minimum Gasteiger partial charge on any atom is -0.496 e. The molecular weight excluding hydrogens is 240 g/mol. The van der Waals surface area contributed by atoms with Gasteiger partial charge in [-0.2, -0.15) is 0 Å². The van der Waals surface area contributed by atoms with Gasteiger partial charge in [-0.15, -0.1) is 0 Å². The Hall–Kier alpha value is -2.49. The summed E-state index contributed by atoms with van der Waals surface area (Å²) in [6, 6.07) is 13.2. The van der Waals surface area contributed by atoms with Gasteiger partial charge in [-0.25, -0.2) is 0 Å². The Kier molecular flexibility index (Phi) is 3.71. The largest absolute Gasteiger partial charge is 0.496 e. The van der Waals surface area contributed by atoms with Crippen molar-refractivity contribution in [1.82, 2.24) is 0 Å². The lowest BCUT2D eigenvalue weighted by molar-refractivity contribution is 0.100. The highest BCUT2D eigenvalue weighted by Crippen LogP contribution is 2.31. The van der Waals surface area contributed by atoms with Crippen LogP contribution in [0.3, 0.4) is 0 Å². The molecule has 0 heterocycles. The summed E-state index contributed by atoms with van der Waals surface area (Å²) in [6.45, 7) is 0. The molecule has 98 valence electrons. The lowest BCUT2D eigenvalue weighted by Gasteiger charge is -2.11. The molecule has 19 heavy (non-hydrogen) atoms. The zero-order chi connectivity index (χ0) is 13.8. The number of anilines is 1. The SMILES string of the molecule is CNc1ccc(-c2ccccc2OC)cc1C(N)=O. The van der Waals surface area contributed by atoms with Gasteiger partial charge in [0, 0.05) is 18.3 Å². The predicted molar refractivity (Wildman–Crippen MR) is 76.5 cm³/mol. The maximum Gasteiger partial charge on any atom is 0.250 e. The number of methoxy groups -OCH3 is 1. The molecule has 0 aliphatic carbocycles. The molecule has 2 rings (SSSR count). The summed E-state index contributed by atoms with van der Waals surface area (Å²) in [5, 5.41) is 2.95. The minimum atomic E-state index is -0.457. The molecule has 0 radical (unpaired) electrons. The minimum absolute atomic E-state index is 0.457. The second kappa shape index (κ2) is 5.44. The molecule has 0 unspecified atom stereocenters. The lowest BCUT2D eigenvalue weighted by atomic mass is 10.0. The molecule has 4 heteroatoms. The van der Waals surface area contributed by atoms with E-state index in [1.807, 2.05) is 36.4 Å². The van der Waals surface area contributed by atoms with Crippen LogP contribution in [0.25, 0.3) is 11.1 Å². The van der Waals surface area contributed by atoms with Crippen molar-refractivity contribution in [1.29, 1.82) is 0 Å². The van der Waals surface area contributed by atoms with Crippen LogP contribution in [0.5, 0.6) is 5.75 Å². The van der Waals surface area contributed by atoms with Gasteiger partial charge in [-0.3, -0.25) is 4.79 Å². The van der Waals surface area contributed by atoms with Crippen LogP contribution >= 0.6 is 0 Å². The Morgan fingerprint density at radius 2 is 1.95 bits per heavy atom. The number of hydrogen-bond acceptors (Lipinski definition) is 3. The van der Waals surface area contributed by atoms with Crippen molar-refractivity contribution in [3.63, 3.8) is 0 Å². The molecular formula is C15H16N2O2. The van der Waals surface area contributed by atoms with E-state index in [2.05, 4.69) is 5.32 Å². The highest BCUT2D eigenvalue weighted by Gasteiger charge is 2.11. The third-order valence-electron chi connectivity index (χ3n) is 2.97. The van der Waals surface area contributed by atoms with E-state index in [9.17, 15) is 4.79 Å². The zero-order valence-electron chi connectivity index (χ0n) is 10.9. The highest BCUT2D eigenvalue weighted by atomic mass is 16.5. The molecule has 0 aliphatic heterocycles. The smallest absolute Gasteiger partial charge is 0.250 e. The van der Waals surface area contributed by atoms with Crippen LogP contribution in [-0.4, -0.2) is 20.1 Å². The second-order valence-electron chi connectivity index (χ2n) is 4.07. The third kappa shape index (κ3) is 2.52. The van der Waals surface area contributed by atoms with Gasteiger partial charge in [-0.1, -0.05) is 24.3 Å². The van der Waals surface area contributed by atoms with Gasteiger partial charge in [-0.05, 0) is 23.8 Å². The van der Waals surface area contributed by atoms with E-state index in [1.165, 1.54) is 0 Å². The summed E-state index contributed by atoms with van der Waals surface area (Å²) >= 11 is 0. The van der Waals surface area contributed by atoms with E-state index in [0.717, 1.165) is 16.9 Å². The zero-order valence-corrected chi connectivity index (χ0v) is 10.9. The number of carbonyl (C=O) groups is 1. The molecule has 2 aromatic carbocycles.